The number of carbonyl (C=O) groups is 1. The molecule has 1 saturated heterocycles. The third-order valence-corrected chi connectivity index (χ3v) is 5.74. The van der Waals surface area contributed by atoms with Crippen LogP contribution in [0.3, 0.4) is 0 Å². The fourth-order valence-corrected chi connectivity index (χ4v) is 3.86. The first kappa shape index (κ1) is 23.0. The Morgan fingerprint density at radius 2 is 1.97 bits per heavy atom. The number of benzene rings is 1. The highest BCUT2D eigenvalue weighted by Gasteiger charge is 2.35. The average molecular weight is 461 g/mol. The molecule has 4 rings (SSSR count). The molecule has 0 spiro atoms. The number of carbonyl (C=O) groups excluding carboxylic acids is 1. The summed E-state index contributed by atoms with van der Waals surface area (Å²) in [6.07, 6.45) is -1.12. The number of imidazole rings is 1. The zero-order chi connectivity index (χ0) is 24.0. The normalized spacial score (nSPS) is 17.1. The molecule has 0 aliphatic carbocycles. The van der Waals surface area contributed by atoms with Crippen molar-refractivity contribution < 1.29 is 23.1 Å². The van der Waals surface area contributed by atoms with Crippen LogP contribution in [0.15, 0.2) is 36.5 Å². The van der Waals surface area contributed by atoms with Gasteiger partial charge < -0.3 is 15.3 Å². The van der Waals surface area contributed by atoms with Gasteiger partial charge in [0.05, 0.1) is 35.8 Å². The summed E-state index contributed by atoms with van der Waals surface area (Å²) >= 11 is 0. The highest BCUT2D eigenvalue weighted by atomic mass is 19.4. The Labute approximate surface area is 189 Å². The molecule has 0 saturated carbocycles. The first-order chi connectivity index (χ1) is 15.5. The van der Waals surface area contributed by atoms with Gasteiger partial charge in [-0.2, -0.15) is 13.2 Å². The first-order valence-corrected chi connectivity index (χ1v) is 10.7. The Hall–Kier alpha value is -3.14. The van der Waals surface area contributed by atoms with E-state index in [0.717, 1.165) is 25.5 Å². The Morgan fingerprint density at radius 1 is 1.21 bits per heavy atom. The number of rotatable bonds is 4. The summed E-state index contributed by atoms with van der Waals surface area (Å²) in [6, 6.07) is 7.19. The molecule has 0 radical (unpaired) electrons. The lowest BCUT2D eigenvalue weighted by atomic mass is 9.95. The number of anilines is 2. The second-order valence-electron chi connectivity index (χ2n) is 9.25. The summed E-state index contributed by atoms with van der Waals surface area (Å²) in [5.74, 6) is 0.184. The predicted molar refractivity (Wildman–Crippen MR) is 119 cm³/mol. The number of hydrogen-bond donors (Lipinski definition) is 2. The van der Waals surface area contributed by atoms with Crippen molar-refractivity contribution in [3.05, 3.63) is 42.1 Å². The Bertz CT molecular complexity index is 1180. The van der Waals surface area contributed by atoms with Crippen LogP contribution in [-0.2, 0) is 11.0 Å². The zero-order valence-electron chi connectivity index (χ0n) is 18.6. The molecule has 3 aromatic rings. The molecule has 2 aromatic heterocycles. The van der Waals surface area contributed by atoms with Crippen LogP contribution in [0.4, 0.5) is 24.7 Å². The summed E-state index contributed by atoms with van der Waals surface area (Å²) in [7, 11) is 0. The molecule has 1 aromatic carbocycles. The molecular weight excluding hydrogens is 435 g/mol. The van der Waals surface area contributed by atoms with Gasteiger partial charge in [-0.25, -0.2) is 9.50 Å². The summed E-state index contributed by atoms with van der Waals surface area (Å²) < 4.78 is 42.2. The molecule has 176 valence electrons. The molecule has 1 unspecified atom stereocenters. The smallest absolute Gasteiger partial charge is 0.394 e. The number of amides is 1. The largest absolute Gasteiger partial charge is 0.418 e. The molecular formula is C23H26F3N5O2. The van der Waals surface area contributed by atoms with E-state index in [0.29, 0.717) is 22.7 Å². The van der Waals surface area contributed by atoms with Crippen LogP contribution >= 0.6 is 0 Å². The van der Waals surface area contributed by atoms with E-state index in [1.807, 2.05) is 11.0 Å². The van der Waals surface area contributed by atoms with E-state index in [9.17, 15) is 23.1 Å². The number of aliphatic hydroxyl groups is 1. The number of nitrogens with zero attached hydrogens (tertiary/aromatic N) is 4. The van der Waals surface area contributed by atoms with Crippen molar-refractivity contribution in [3.63, 3.8) is 0 Å². The van der Waals surface area contributed by atoms with Crippen molar-refractivity contribution in [2.75, 3.05) is 23.4 Å². The van der Waals surface area contributed by atoms with Gasteiger partial charge in [0.25, 0.3) is 0 Å². The maximum absolute atomic E-state index is 13.5. The minimum Gasteiger partial charge on any atom is -0.394 e. The van der Waals surface area contributed by atoms with E-state index >= 15 is 0 Å². The molecule has 0 bridgehead atoms. The highest BCUT2D eigenvalue weighted by Crippen LogP contribution is 2.38. The van der Waals surface area contributed by atoms with E-state index in [1.54, 1.807) is 37.5 Å². The molecule has 10 heteroatoms. The Morgan fingerprint density at radius 3 is 2.64 bits per heavy atom. The maximum Gasteiger partial charge on any atom is 0.418 e. The van der Waals surface area contributed by atoms with Crippen molar-refractivity contribution in [1.29, 1.82) is 0 Å². The van der Waals surface area contributed by atoms with Crippen LogP contribution in [0.1, 0.15) is 39.2 Å². The number of fused-ring (bicyclic) bond motifs is 1. The fraction of sp³-hybridized carbons (Fsp3) is 0.435. The average Bonchev–Trinajstić information content (AvgIpc) is 3.38. The second-order valence-corrected chi connectivity index (χ2v) is 9.25. The third kappa shape index (κ3) is 4.66. The van der Waals surface area contributed by atoms with Crippen molar-refractivity contribution in [2.24, 2.45) is 5.41 Å². The molecule has 2 N–H and O–H groups in total. The van der Waals surface area contributed by atoms with Crippen LogP contribution in [0.25, 0.3) is 16.9 Å². The number of halogens is 3. The van der Waals surface area contributed by atoms with Crippen molar-refractivity contribution in [1.82, 2.24) is 14.6 Å². The van der Waals surface area contributed by atoms with E-state index in [-0.39, 0.29) is 18.3 Å². The van der Waals surface area contributed by atoms with Crippen LogP contribution < -0.4 is 10.2 Å². The van der Waals surface area contributed by atoms with Crippen LogP contribution in [0, 0.1) is 5.41 Å². The van der Waals surface area contributed by atoms with Gasteiger partial charge in [0.1, 0.15) is 5.82 Å². The SMILES string of the molecule is CC(C)(C)C(=O)Nc1cc(-c2cn3nc(N4CCCC4CO)ccc3n2)ccc1C(F)(F)F. The minimum absolute atomic E-state index is 0.0156. The molecule has 7 nitrogen and oxygen atoms in total. The lowest BCUT2D eigenvalue weighted by Gasteiger charge is -2.23. The van der Waals surface area contributed by atoms with Gasteiger partial charge in [0, 0.05) is 17.5 Å². The molecule has 1 fully saturated rings. The summed E-state index contributed by atoms with van der Waals surface area (Å²) in [5.41, 5.74) is -0.697. The van der Waals surface area contributed by atoms with Gasteiger partial charge in [-0.05, 0) is 37.1 Å². The molecule has 3 heterocycles. The molecule has 1 aliphatic heterocycles. The van der Waals surface area contributed by atoms with Crippen LogP contribution in [-0.4, -0.2) is 44.8 Å². The lowest BCUT2D eigenvalue weighted by Crippen LogP contribution is -2.33. The molecule has 33 heavy (non-hydrogen) atoms. The van der Waals surface area contributed by atoms with E-state index in [2.05, 4.69) is 15.4 Å². The monoisotopic (exact) mass is 461 g/mol. The lowest BCUT2D eigenvalue weighted by molar-refractivity contribution is -0.137. The minimum atomic E-state index is -4.62. The van der Waals surface area contributed by atoms with E-state index in [4.69, 9.17) is 0 Å². The first-order valence-electron chi connectivity index (χ1n) is 10.7. The number of nitrogens with one attached hydrogen (secondary N) is 1. The van der Waals surface area contributed by atoms with E-state index < -0.39 is 23.1 Å². The van der Waals surface area contributed by atoms with Crippen molar-refractivity contribution in [3.8, 4) is 11.3 Å². The van der Waals surface area contributed by atoms with Gasteiger partial charge in [0.15, 0.2) is 5.65 Å². The van der Waals surface area contributed by atoms with Gasteiger partial charge in [-0.3, -0.25) is 4.79 Å². The molecule has 1 atom stereocenters. The second kappa shape index (κ2) is 8.33. The van der Waals surface area contributed by atoms with Gasteiger partial charge >= 0.3 is 6.18 Å². The fourth-order valence-electron chi connectivity index (χ4n) is 3.86. The molecule has 1 aliphatic rings. The topological polar surface area (TPSA) is 82.8 Å². The summed E-state index contributed by atoms with van der Waals surface area (Å²) in [4.78, 5) is 18.9. The Kier molecular flexibility index (Phi) is 5.81. The number of aliphatic hydroxyl groups excluding tert-OH is 1. The summed E-state index contributed by atoms with van der Waals surface area (Å²) in [6.45, 7) is 5.73. The third-order valence-electron chi connectivity index (χ3n) is 5.74. The quantitative estimate of drug-likeness (QED) is 0.603. The number of aromatic nitrogens is 3. The van der Waals surface area contributed by atoms with Gasteiger partial charge in [-0.1, -0.05) is 26.8 Å². The standard InChI is InChI=1S/C23H26F3N5O2/c1-22(2,3)21(33)28-17-11-14(6-7-16(17)23(24,25)26)18-12-31-19(27-18)8-9-20(29-31)30-10-4-5-15(30)13-32/h6-9,11-12,15,32H,4-5,10,13H2,1-3H3,(H,28,33). The van der Waals surface area contributed by atoms with Crippen LogP contribution in [0.2, 0.25) is 0 Å². The number of hydrogen-bond acceptors (Lipinski definition) is 5. The van der Waals surface area contributed by atoms with Gasteiger partial charge in [-0.15, -0.1) is 5.10 Å². The van der Waals surface area contributed by atoms with Crippen molar-refractivity contribution >= 4 is 23.1 Å². The number of alkyl halides is 3. The molecule has 1 amide bonds. The van der Waals surface area contributed by atoms with Crippen LogP contribution in [0.5, 0.6) is 0 Å². The zero-order valence-corrected chi connectivity index (χ0v) is 18.6. The Balaban J connectivity index is 1.71. The predicted octanol–water partition coefficient (Wildman–Crippen LogP) is 4.36. The highest BCUT2D eigenvalue weighted by molar-refractivity contribution is 5.96. The maximum atomic E-state index is 13.5. The summed E-state index contributed by atoms with van der Waals surface area (Å²) in [5, 5.41) is 16.6. The van der Waals surface area contributed by atoms with E-state index in [1.165, 1.54) is 12.1 Å². The van der Waals surface area contributed by atoms with Gasteiger partial charge in [0.2, 0.25) is 5.91 Å². The van der Waals surface area contributed by atoms with Crippen molar-refractivity contribution in [2.45, 2.75) is 45.8 Å².